The summed E-state index contributed by atoms with van der Waals surface area (Å²) >= 11 is 0. The van der Waals surface area contributed by atoms with E-state index in [9.17, 15) is 17.6 Å². The van der Waals surface area contributed by atoms with Crippen LogP contribution in [-0.4, -0.2) is 73.1 Å². The maximum atomic E-state index is 14.6. The van der Waals surface area contributed by atoms with Gasteiger partial charge >= 0.3 is 6.09 Å². The van der Waals surface area contributed by atoms with Crippen molar-refractivity contribution in [3.05, 3.63) is 35.9 Å². The van der Waals surface area contributed by atoms with Crippen LogP contribution in [0.1, 0.15) is 45.1 Å². The molecule has 1 aromatic heterocycles. The van der Waals surface area contributed by atoms with Gasteiger partial charge in [-0.15, -0.1) is 0 Å². The predicted molar refractivity (Wildman–Crippen MR) is 137 cm³/mol. The van der Waals surface area contributed by atoms with Crippen molar-refractivity contribution in [1.82, 2.24) is 14.9 Å². The van der Waals surface area contributed by atoms with E-state index in [2.05, 4.69) is 29.1 Å². The van der Waals surface area contributed by atoms with E-state index in [0.717, 1.165) is 25.2 Å². The fraction of sp³-hybridized carbons (Fsp3) is 0.577. The number of carbonyl (C=O) groups excluding carboxylic acids is 1. The molecule has 206 valence electrons. The second-order valence-electron chi connectivity index (χ2n) is 11.2. The molecule has 38 heavy (non-hydrogen) atoms. The number of piperidine rings is 1. The first kappa shape index (κ1) is 26.6. The number of aromatic nitrogens is 2. The summed E-state index contributed by atoms with van der Waals surface area (Å²) < 4.78 is 55.8. The van der Waals surface area contributed by atoms with Crippen LogP contribution in [0.5, 0.6) is 5.88 Å². The third kappa shape index (κ3) is 5.56. The third-order valence-electron chi connectivity index (χ3n) is 7.45. The summed E-state index contributed by atoms with van der Waals surface area (Å²) in [6.45, 7) is 6.94. The number of ether oxygens (including phenoxy) is 3. The van der Waals surface area contributed by atoms with E-state index in [1.807, 2.05) is 4.90 Å². The van der Waals surface area contributed by atoms with E-state index >= 15 is 0 Å². The number of halogens is 1. The van der Waals surface area contributed by atoms with Gasteiger partial charge in [0.2, 0.25) is 5.88 Å². The Morgan fingerprint density at radius 1 is 1.16 bits per heavy atom. The van der Waals surface area contributed by atoms with Crippen LogP contribution in [0.15, 0.2) is 29.4 Å². The van der Waals surface area contributed by atoms with Gasteiger partial charge in [-0.05, 0) is 43.4 Å². The smallest absolute Gasteiger partial charge is 0.410 e. The molecular weight excluding hydrogens is 515 g/mol. The number of fused-ring (bicyclic) bond motifs is 2. The molecule has 2 atom stereocenters. The Bertz CT molecular complexity index is 1320. The molecule has 2 aromatic rings. The van der Waals surface area contributed by atoms with Crippen molar-refractivity contribution in [1.29, 1.82) is 0 Å². The number of rotatable bonds is 6. The molecule has 2 aliphatic heterocycles. The minimum absolute atomic E-state index is 0.0323. The van der Waals surface area contributed by atoms with Crippen LogP contribution in [0, 0.1) is 18.2 Å². The highest BCUT2D eigenvalue weighted by Crippen LogP contribution is 2.42. The predicted octanol–water partition coefficient (Wildman–Crippen LogP) is 4.01. The number of carbonyl (C=O) groups is 1. The maximum absolute atomic E-state index is 14.6. The van der Waals surface area contributed by atoms with E-state index in [0.29, 0.717) is 43.3 Å². The van der Waals surface area contributed by atoms with Crippen molar-refractivity contribution in [2.24, 2.45) is 5.41 Å². The average molecular weight is 549 g/mol. The molecule has 1 aliphatic carbocycles. The quantitative estimate of drug-likeness (QED) is 0.571. The first-order chi connectivity index (χ1) is 17.9. The summed E-state index contributed by atoms with van der Waals surface area (Å²) in [6, 6.07) is 3.34. The molecule has 12 heteroatoms. The third-order valence-corrected chi connectivity index (χ3v) is 8.56. The normalized spacial score (nSPS) is 24.9. The van der Waals surface area contributed by atoms with Crippen LogP contribution >= 0.6 is 0 Å². The number of hydrogen-bond acceptors (Lipinski definition) is 9. The molecule has 2 bridgehead atoms. The van der Waals surface area contributed by atoms with E-state index in [1.54, 1.807) is 6.92 Å². The highest BCUT2D eigenvalue weighted by atomic mass is 32.2. The molecule has 3 fully saturated rings. The number of nitrogens with zero attached hydrogens (tertiary/aromatic N) is 3. The molecule has 1 saturated carbocycles. The Balaban J connectivity index is 1.25. The lowest BCUT2D eigenvalue weighted by Crippen LogP contribution is -2.61. The number of hydrogen-bond donors (Lipinski definition) is 1. The molecule has 2 unspecified atom stereocenters. The Kier molecular flexibility index (Phi) is 6.97. The first-order valence-corrected chi connectivity index (χ1v) is 14.6. The van der Waals surface area contributed by atoms with Crippen LogP contribution in [0.4, 0.5) is 20.7 Å². The minimum atomic E-state index is -3.53. The number of nitrogens with one attached hydrogen (secondary N) is 1. The summed E-state index contributed by atoms with van der Waals surface area (Å²) in [5, 5.41) is 2.90. The van der Waals surface area contributed by atoms with Gasteiger partial charge in [0.05, 0.1) is 41.4 Å². The van der Waals surface area contributed by atoms with Crippen molar-refractivity contribution in [3.63, 3.8) is 0 Å². The van der Waals surface area contributed by atoms with Crippen LogP contribution in [0.2, 0.25) is 0 Å². The lowest BCUT2D eigenvalue weighted by Gasteiger charge is -2.49. The Hall–Kier alpha value is -2.99. The number of morpholine rings is 1. The second-order valence-corrected chi connectivity index (χ2v) is 13.2. The van der Waals surface area contributed by atoms with Gasteiger partial charge in [0.25, 0.3) is 0 Å². The van der Waals surface area contributed by atoms with Gasteiger partial charge in [-0.2, -0.15) is 0 Å². The molecule has 3 aliphatic rings. The zero-order valence-corrected chi connectivity index (χ0v) is 22.8. The topological polar surface area (TPSA) is 120 Å². The van der Waals surface area contributed by atoms with Gasteiger partial charge in [0.15, 0.2) is 9.84 Å². The molecule has 1 amide bonds. The van der Waals surface area contributed by atoms with Crippen molar-refractivity contribution >= 4 is 27.4 Å². The Labute approximate surface area is 221 Å². The van der Waals surface area contributed by atoms with Crippen LogP contribution in [0.25, 0.3) is 0 Å². The minimum Gasteiger partial charge on any atom is -0.474 e. The SMILES string of the molecule is Cc1c(Nc2ccc(S(C)(=O)=O)cc2F)ncnc1OC1CC2COCC(C1)N2C(=O)OC1CC(C)(C)C1. The van der Waals surface area contributed by atoms with Crippen LogP contribution in [0.3, 0.4) is 0 Å². The van der Waals surface area contributed by atoms with Crippen LogP contribution in [-0.2, 0) is 19.3 Å². The highest BCUT2D eigenvalue weighted by Gasteiger charge is 2.46. The molecular formula is C26H33FN4O6S. The molecule has 1 N–H and O–H groups in total. The van der Waals surface area contributed by atoms with Gasteiger partial charge < -0.3 is 19.5 Å². The Morgan fingerprint density at radius 2 is 1.84 bits per heavy atom. The van der Waals surface area contributed by atoms with Gasteiger partial charge in [-0.3, -0.25) is 4.90 Å². The Morgan fingerprint density at radius 3 is 2.45 bits per heavy atom. The number of anilines is 2. The van der Waals surface area contributed by atoms with E-state index in [1.165, 1.54) is 18.5 Å². The second kappa shape index (κ2) is 9.96. The monoisotopic (exact) mass is 548 g/mol. The van der Waals surface area contributed by atoms with Gasteiger partial charge in [0.1, 0.15) is 30.2 Å². The molecule has 1 aromatic carbocycles. The van der Waals surface area contributed by atoms with Crippen LogP contribution < -0.4 is 10.1 Å². The van der Waals surface area contributed by atoms with E-state index in [-0.39, 0.29) is 46.4 Å². The summed E-state index contributed by atoms with van der Waals surface area (Å²) in [5.74, 6) is -0.0210. The molecule has 10 nitrogen and oxygen atoms in total. The average Bonchev–Trinajstić information content (AvgIpc) is 2.80. The summed E-state index contributed by atoms with van der Waals surface area (Å²) in [4.78, 5) is 23.2. The lowest BCUT2D eigenvalue weighted by atomic mass is 9.70. The number of benzene rings is 1. The fourth-order valence-electron chi connectivity index (χ4n) is 5.51. The van der Waals surface area contributed by atoms with Gasteiger partial charge in [-0.25, -0.2) is 27.6 Å². The van der Waals surface area contributed by atoms with Crippen molar-refractivity contribution in [2.75, 3.05) is 24.8 Å². The van der Waals surface area contributed by atoms with E-state index in [4.69, 9.17) is 14.2 Å². The standard InChI is InChI=1S/C26H33FN4O6S/c1-15-23(30-22-6-5-20(9-21(22)27)38(4,33)34)28-14-29-24(15)36-18-7-16-12-35-13-17(8-18)31(16)25(32)37-19-10-26(2,3)11-19/h5-6,9,14,16-19H,7-8,10-13H2,1-4H3,(H,28,29,30). The molecule has 0 radical (unpaired) electrons. The molecule has 0 spiro atoms. The maximum Gasteiger partial charge on any atom is 0.410 e. The molecule has 5 rings (SSSR count). The lowest BCUT2D eigenvalue weighted by molar-refractivity contribution is -0.107. The zero-order valence-electron chi connectivity index (χ0n) is 21.9. The number of amides is 1. The first-order valence-electron chi connectivity index (χ1n) is 12.7. The highest BCUT2D eigenvalue weighted by molar-refractivity contribution is 7.90. The van der Waals surface area contributed by atoms with Crippen molar-refractivity contribution in [2.45, 2.75) is 75.6 Å². The van der Waals surface area contributed by atoms with E-state index < -0.39 is 15.7 Å². The van der Waals surface area contributed by atoms with Gasteiger partial charge in [-0.1, -0.05) is 13.8 Å². The zero-order chi connectivity index (χ0) is 27.2. The fourth-order valence-corrected chi connectivity index (χ4v) is 6.14. The number of sulfone groups is 1. The summed E-state index contributed by atoms with van der Waals surface area (Å²) in [5.41, 5.74) is 0.882. The van der Waals surface area contributed by atoms with Crippen molar-refractivity contribution in [3.8, 4) is 5.88 Å². The summed E-state index contributed by atoms with van der Waals surface area (Å²) in [6.07, 6.45) is 4.71. The summed E-state index contributed by atoms with van der Waals surface area (Å²) in [7, 11) is -3.53. The van der Waals surface area contributed by atoms with Gasteiger partial charge in [0, 0.05) is 19.1 Å². The largest absolute Gasteiger partial charge is 0.474 e. The van der Waals surface area contributed by atoms with Crippen molar-refractivity contribution < 1.29 is 31.8 Å². The molecule has 2 saturated heterocycles. The molecule has 3 heterocycles.